The Kier molecular flexibility index (Phi) is 7.15. The SMILES string of the molecule is CCNC(=NCc1cc(Br)cs1)NCCc1ccc(Cl)nc1. The van der Waals surface area contributed by atoms with Crippen molar-refractivity contribution < 1.29 is 0 Å². The number of rotatable bonds is 6. The molecule has 0 amide bonds. The van der Waals surface area contributed by atoms with Gasteiger partial charge >= 0.3 is 0 Å². The zero-order chi connectivity index (χ0) is 15.8. The maximum Gasteiger partial charge on any atom is 0.191 e. The number of pyridine rings is 1. The molecule has 0 fully saturated rings. The van der Waals surface area contributed by atoms with Crippen LogP contribution in [-0.4, -0.2) is 24.0 Å². The summed E-state index contributed by atoms with van der Waals surface area (Å²) in [5, 5.41) is 9.17. The molecule has 0 unspecified atom stereocenters. The van der Waals surface area contributed by atoms with E-state index in [0.29, 0.717) is 11.7 Å². The quantitative estimate of drug-likeness (QED) is 0.439. The summed E-state index contributed by atoms with van der Waals surface area (Å²) in [5.41, 5.74) is 1.15. The molecule has 7 heteroatoms. The van der Waals surface area contributed by atoms with Gasteiger partial charge in [-0.05, 0) is 47.0 Å². The second kappa shape index (κ2) is 9.12. The highest BCUT2D eigenvalue weighted by Crippen LogP contribution is 2.20. The summed E-state index contributed by atoms with van der Waals surface area (Å²) in [7, 11) is 0. The monoisotopic (exact) mass is 400 g/mol. The Bertz CT molecular complexity index is 612. The van der Waals surface area contributed by atoms with Gasteiger partial charge in [0.1, 0.15) is 5.15 Å². The molecule has 0 radical (unpaired) electrons. The zero-order valence-corrected chi connectivity index (χ0v) is 15.4. The van der Waals surface area contributed by atoms with E-state index >= 15 is 0 Å². The van der Waals surface area contributed by atoms with Crippen molar-refractivity contribution in [3.8, 4) is 0 Å². The highest BCUT2D eigenvalue weighted by atomic mass is 79.9. The highest BCUT2D eigenvalue weighted by molar-refractivity contribution is 9.10. The first kappa shape index (κ1) is 17.2. The summed E-state index contributed by atoms with van der Waals surface area (Å²) >= 11 is 10.9. The molecule has 2 N–H and O–H groups in total. The minimum Gasteiger partial charge on any atom is -0.357 e. The number of halogens is 2. The van der Waals surface area contributed by atoms with Crippen LogP contribution in [0.1, 0.15) is 17.4 Å². The Hall–Kier alpha value is -1.11. The Morgan fingerprint density at radius 3 is 2.91 bits per heavy atom. The number of guanidine groups is 1. The fraction of sp³-hybridized carbons (Fsp3) is 0.333. The van der Waals surface area contributed by atoms with Gasteiger partial charge in [0.2, 0.25) is 0 Å². The van der Waals surface area contributed by atoms with Crippen molar-refractivity contribution >= 4 is 44.8 Å². The van der Waals surface area contributed by atoms with Crippen molar-refractivity contribution in [2.75, 3.05) is 13.1 Å². The predicted molar refractivity (Wildman–Crippen MR) is 97.8 cm³/mol. The molecule has 118 valence electrons. The first-order valence-electron chi connectivity index (χ1n) is 7.03. The van der Waals surface area contributed by atoms with Crippen LogP contribution in [0.15, 0.2) is 39.2 Å². The summed E-state index contributed by atoms with van der Waals surface area (Å²) in [6.07, 6.45) is 2.68. The third-order valence-electron chi connectivity index (χ3n) is 2.85. The first-order valence-corrected chi connectivity index (χ1v) is 9.08. The van der Waals surface area contributed by atoms with Gasteiger partial charge in [-0.25, -0.2) is 9.98 Å². The van der Waals surface area contributed by atoms with Crippen molar-refractivity contribution in [2.24, 2.45) is 4.99 Å². The smallest absolute Gasteiger partial charge is 0.191 e. The molecule has 2 aromatic heterocycles. The lowest BCUT2D eigenvalue weighted by molar-refractivity contribution is 0.799. The molecule has 22 heavy (non-hydrogen) atoms. The summed E-state index contributed by atoms with van der Waals surface area (Å²) in [6, 6.07) is 5.90. The van der Waals surface area contributed by atoms with E-state index in [0.717, 1.165) is 35.5 Å². The normalized spacial score (nSPS) is 11.5. The third kappa shape index (κ3) is 5.94. The average molecular weight is 402 g/mol. The van der Waals surface area contributed by atoms with E-state index in [4.69, 9.17) is 11.6 Å². The number of aromatic nitrogens is 1. The topological polar surface area (TPSA) is 49.3 Å². The third-order valence-corrected chi connectivity index (χ3v) is 4.76. The van der Waals surface area contributed by atoms with Crippen LogP contribution >= 0.6 is 38.9 Å². The van der Waals surface area contributed by atoms with Gasteiger partial charge in [-0.2, -0.15) is 0 Å². The highest BCUT2D eigenvalue weighted by Gasteiger charge is 2.00. The maximum atomic E-state index is 5.78. The molecule has 0 aliphatic carbocycles. The molecule has 4 nitrogen and oxygen atoms in total. The summed E-state index contributed by atoms with van der Waals surface area (Å²) < 4.78 is 1.11. The molecule has 2 rings (SSSR count). The number of thiophene rings is 1. The molecule has 0 aromatic carbocycles. The van der Waals surface area contributed by atoms with Crippen LogP contribution in [0, 0.1) is 0 Å². The lowest BCUT2D eigenvalue weighted by atomic mass is 10.2. The van der Waals surface area contributed by atoms with Crippen molar-refractivity contribution in [1.82, 2.24) is 15.6 Å². The molecule has 0 saturated carbocycles. The van der Waals surface area contributed by atoms with Crippen molar-refractivity contribution in [2.45, 2.75) is 19.9 Å². The van der Waals surface area contributed by atoms with Crippen LogP contribution in [0.3, 0.4) is 0 Å². The Morgan fingerprint density at radius 2 is 2.27 bits per heavy atom. The van der Waals surface area contributed by atoms with Gasteiger partial charge in [0, 0.05) is 34.0 Å². The Labute approximate surface area is 148 Å². The largest absolute Gasteiger partial charge is 0.357 e. The molecule has 0 aliphatic rings. The van der Waals surface area contributed by atoms with Crippen LogP contribution < -0.4 is 10.6 Å². The van der Waals surface area contributed by atoms with E-state index in [2.05, 4.69) is 54.9 Å². The van der Waals surface area contributed by atoms with E-state index in [9.17, 15) is 0 Å². The van der Waals surface area contributed by atoms with E-state index in [1.807, 2.05) is 12.1 Å². The number of aliphatic imine (C=N–C) groups is 1. The van der Waals surface area contributed by atoms with E-state index in [-0.39, 0.29) is 0 Å². The van der Waals surface area contributed by atoms with Gasteiger partial charge in [0.15, 0.2) is 5.96 Å². The number of nitrogens with one attached hydrogen (secondary N) is 2. The van der Waals surface area contributed by atoms with Crippen molar-refractivity contribution in [1.29, 1.82) is 0 Å². The van der Waals surface area contributed by atoms with Crippen LogP contribution in [0.25, 0.3) is 0 Å². The molecule has 0 atom stereocenters. The second-order valence-corrected chi connectivity index (χ2v) is 6.89. The number of nitrogens with zero attached hydrogens (tertiary/aromatic N) is 2. The molecule has 0 aliphatic heterocycles. The van der Waals surface area contributed by atoms with Crippen LogP contribution in [0.2, 0.25) is 5.15 Å². The van der Waals surface area contributed by atoms with E-state index in [1.54, 1.807) is 17.5 Å². The van der Waals surface area contributed by atoms with E-state index in [1.165, 1.54) is 4.88 Å². The standard InChI is InChI=1S/C15H18BrClN4S/c1-2-18-15(21-9-13-7-12(16)10-22-13)19-6-5-11-3-4-14(17)20-8-11/h3-4,7-8,10H,2,5-6,9H2,1H3,(H2,18,19,21). The molecule has 2 aromatic rings. The average Bonchev–Trinajstić information content (AvgIpc) is 2.92. The molecular weight excluding hydrogens is 384 g/mol. The van der Waals surface area contributed by atoms with Gasteiger partial charge in [-0.15, -0.1) is 11.3 Å². The Balaban J connectivity index is 1.84. The molecule has 0 saturated heterocycles. The van der Waals surface area contributed by atoms with Gasteiger partial charge in [0.05, 0.1) is 6.54 Å². The first-order chi connectivity index (χ1) is 10.7. The second-order valence-electron chi connectivity index (χ2n) is 4.59. The predicted octanol–water partition coefficient (Wildman–Crippen LogP) is 3.86. The number of hydrogen-bond acceptors (Lipinski definition) is 3. The lowest BCUT2D eigenvalue weighted by Gasteiger charge is -2.11. The van der Waals surface area contributed by atoms with Crippen molar-refractivity contribution in [3.05, 3.63) is 49.8 Å². The maximum absolute atomic E-state index is 5.78. The minimum absolute atomic E-state index is 0.522. The van der Waals surface area contributed by atoms with Gasteiger partial charge in [-0.3, -0.25) is 0 Å². The molecule has 0 bridgehead atoms. The van der Waals surface area contributed by atoms with E-state index < -0.39 is 0 Å². The van der Waals surface area contributed by atoms with Crippen LogP contribution in [0.5, 0.6) is 0 Å². The molecule has 0 spiro atoms. The molecule has 2 heterocycles. The minimum atomic E-state index is 0.522. The zero-order valence-electron chi connectivity index (χ0n) is 12.3. The summed E-state index contributed by atoms with van der Waals surface area (Å²) in [4.78, 5) is 9.90. The fourth-order valence-corrected chi connectivity index (χ4v) is 3.30. The summed E-state index contributed by atoms with van der Waals surface area (Å²) in [5.74, 6) is 0.828. The summed E-state index contributed by atoms with van der Waals surface area (Å²) in [6.45, 7) is 4.36. The fourth-order valence-electron chi connectivity index (χ4n) is 1.82. The van der Waals surface area contributed by atoms with Gasteiger partial charge < -0.3 is 10.6 Å². The van der Waals surface area contributed by atoms with Gasteiger partial charge in [0.25, 0.3) is 0 Å². The van der Waals surface area contributed by atoms with Crippen molar-refractivity contribution in [3.63, 3.8) is 0 Å². The Morgan fingerprint density at radius 1 is 1.41 bits per heavy atom. The number of hydrogen-bond donors (Lipinski definition) is 2. The van der Waals surface area contributed by atoms with Crippen LogP contribution in [0.4, 0.5) is 0 Å². The molecular formula is C15H18BrClN4S. The van der Waals surface area contributed by atoms with Crippen LogP contribution in [-0.2, 0) is 13.0 Å². The van der Waals surface area contributed by atoms with Gasteiger partial charge in [-0.1, -0.05) is 17.7 Å². The lowest BCUT2D eigenvalue weighted by Crippen LogP contribution is -2.38.